The fourth-order valence-corrected chi connectivity index (χ4v) is 4.01. The van der Waals surface area contributed by atoms with Gasteiger partial charge in [0.2, 0.25) is 0 Å². The average molecular weight is 400 g/mol. The molecule has 0 aromatic heterocycles. The third-order valence-corrected chi connectivity index (χ3v) is 5.45. The summed E-state index contributed by atoms with van der Waals surface area (Å²) in [6.07, 6.45) is -3.11. The summed E-state index contributed by atoms with van der Waals surface area (Å²) < 4.78 is 71.0. The van der Waals surface area contributed by atoms with Gasteiger partial charge in [-0.2, -0.15) is 21.6 Å². The van der Waals surface area contributed by atoms with Crippen LogP contribution in [0, 0.1) is 0 Å². The topological polar surface area (TPSA) is 52.6 Å². The molecule has 4 nitrogen and oxygen atoms in total. The Balaban J connectivity index is 1.66. The summed E-state index contributed by atoms with van der Waals surface area (Å²) in [4.78, 5) is 0. The zero-order valence-corrected chi connectivity index (χ0v) is 15.3. The van der Waals surface area contributed by atoms with E-state index in [9.17, 15) is 21.6 Å². The molecular formula is C19H19F3O4S. The lowest BCUT2D eigenvalue weighted by atomic mass is 10.1. The van der Waals surface area contributed by atoms with E-state index in [1.54, 1.807) is 12.1 Å². The maximum atomic E-state index is 12.2. The number of aryl methyl sites for hydroxylation is 1. The van der Waals surface area contributed by atoms with Crippen LogP contribution in [-0.4, -0.2) is 20.3 Å². The Labute approximate surface area is 156 Å². The number of fused-ring (bicyclic) bond motifs is 1. The molecule has 27 heavy (non-hydrogen) atoms. The quantitative estimate of drug-likeness (QED) is 0.613. The first-order valence-electron chi connectivity index (χ1n) is 8.59. The van der Waals surface area contributed by atoms with E-state index in [1.165, 1.54) is 17.7 Å². The van der Waals surface area contributed by atoms with Crippen molar-refractivity contribution >= 4 is 10.1 Å². The van der Waals surface area contributed by atoms with E-state index in [1.807, 2.05) is 12.1 Å². The van der Waals surface area contributed by atoms with Gasteiger partial charge in [0.25, 0.3) is 0 Å². The smallest absolute Gasteiger partial charge is 0.389 e. The van der Waals surface area contributed by atoms with E-state index in [0.29, 0.717) is 5.75 Å². The van der Waals surface area contributed by atoms with Crippen LogP contribution in [0.1, 0.15) is 30.4 Å². The summed E-state index contributed by atoms with van der Waals surface area (Å²) in [5, 5.41) is 0. The summed E-state index contributed by atoms with van der Waals surface area (Å²) in [5.74, 6) is 0.421. The molecule has 3 rings (SSSR count). The molecule has 146 valence electrons. The first kappa shape index (κ1) is 19.5. The van der Waals surface area contributed by atoms with Crippen LogP contribution in [0.4, 0.5) is 13.2 Å². The van der Waals surface area contributed by atoms with Gasteiger partial charge in [-0.1, -0.05) is 18.2 Å². The highest BCUT2D eigenvalue weighted by atomic mass is 32.2. The van der Waals surface area contributed by atoms with Crippen LogP contribution >= 0.6 is 0 Å². The molecule has 0 heterocycles. The normalized spacial score (nSPS) is 14.0. The van der Waals surface area contributed by atoms with Crippen molar-refractivity contribution in [1.29, 1.82) is 0 Å². The molecule has 0 spiro atoms. The molecule has 0 fully saturated rings. The van der Waals surface area contributed by atoms with Gasteiger partial charge < -0.3 is 8.92 Å². The van der Waals surface area contributed by atoms with Crippen LogP contribution in [0.3, 0.4) is 0 Å². The number of benzene rings is 2. The van der Waals surface area contributed by atoms with E-state index in [4.69, 9.17) is 8.92 Å². The van der Waals surface area contributed by atoms with Crippen LogP contribution < -0.4 is 8.92 Å². The summed E-state index contributed by atoms with van der Waals surface area (Å²) in [7, 11) is -4.11. The van der Waals surface area contributed by atoms with Crippen LogP contribution in [0.5, 0.6) is 17.2 Å². The van der Waals surface area contributed by atoms with Gasteiger partial charge in [0.05, 0.1) is 5.75 Å². The van der Waals surface area contributed by atoms with Gasteiger partial charge in [0.1, 0.15) is 17.2 Å². The predicted octanol–water partition coefficient (Wildman–Crippen LogP) is 5.02. The predicted molar refractivity (Wildman–Crippen MR) is 94.7 cm³/mol. The fraction of sp³-hybridized carbons (Fsp3) is 0.368. The molecule has 0 saturated carbocycles. The molecule has 0 aliphatic heterocycles. The van der Waals surface area contributed by atoms with E-state index in [0.717, 1.165) is 30.6 Å². The van der Waals surface area contributed by atoms with Gasteiger partial charge in [0.15, 0.2) is 0 Å². The first-order valence-corrected chi connectivity index (χ1v) is 10.2. The van der Waals surface area contributed by atoms with Crippen molar-refractivity contribution in [2.45, 2.75) is 38.3 Å². The molecule has 0 saturated heterocycles. The van der Waals surface area contributed by atoms with Crippen LogP contribution in [0.2, 0.25) is 0 Å². The highest BCUT2D eigenvalue weighted by Gasteiger charge is 2.28. The lowest BCUT2D eigenvalue weighted by Gasteiger charge is -2.12. The lowest BCUT2D eigenvalue weighted by molar-refractivity contribution is -0.134. The molecule has 0 N–H and O–H groups in total. The van der Waals surface area contributed by atoms with Gasteiger partial charge in [-0.05, 0) is 55.0 Å². The average Bonchev–Trinajstić information content (AvgIpc) is 3.03. The first-order chi connectivity index (χ1) is 12.7. The number of ether oxygens (including phenoxy) is 1. The Bertz CT molecular complexity index is 907. The molecular weight excluding hydrogens is 381 g/mol. The summed E-state index contributed by atoms with van der Waals surface area (Å²) >= 11 is 0. The largest absolute Gasteiger partial charge is 0.457 e. The zero-order chi connectivity index (χ0) is 19.5. The molecule has 0 bridgehead atoms. The van der Waals surface area contributed by atoms with Crippen molar-refractivity contribution < 1.29 is 30.5 Å². The second-order valence-electron chi connectivity index (χ2n) is 6.39. The van der Waals surface area contributed by atoms with Crippen LogP contribution in [0.15, 0.2) is 42.5 Å². The van der Waals surface area contributed by atoms with Crippen molar-refractivity contribution in [1.82, 2.24) is 0 Å². The molecule has 0 amide bonds. The number of rotatable bonds is 7. The zero-order valence-electron chi connectivity index (χ0n) is 14.5. The minimum atomic E-state index is -4.39. The summed E-state index contributed by atoms with van der Waals surface area (Å²) in [6.45, 7) is 0. The summed E-state index contributed by atoms with van der Waals surface area (Å²) in [6, 6.07) is 11.9. The maximum Gasteiger partial charge on any atom is 0.389 e. The monoisotopic (exact) mass is 400 g/mol. The Morgan fingerprint density at radius 3 is 2.52 bits per heavy atom. The van der Waals surface area contributed by atoms with Gasteiger partial charge in [0, 0.05) is 12.5 Å². The second-order valence-corrected chi connectivity index (χ2v) is 8.08. The van der Waals surface area contributed by atoms with Crippen molar-refractivity contribution in [2.24, 2.45) is 0 Å². The fourth-order valence-electron chi connectivity index (χ4n) is 3.03. The van der Waals surface area contributed by atoms with Crippen molar-refractivity contribution in [3.63, 3.8) is 0 Å². The standard InChI is InChI=1S/C19H19F3O4S/c20-19(21,22)11-4-12-27(23,24)26-16-8-3-7-15(13-16)25-18-10-2-6-14-5-1-9-17(14)18/h2-3,6-8,10,13H,1,4-5,9,11-12H2. The third-order valence-electron chi connectivity index (χ3n) is 4.21. The number of halogens is 3. The van der Waals surface area contributed by atoms with Crippen molar-refractivity contribution in [2.75, 3.05) is 5.75 Å². The number of hydrogen-bond donors (Lipinski definition) is 0. The minimum Gasteiger partial charge on any atom is -0.457 e. The molecule has 0 radical (unpaired) electrons. The molecule has 0 unspecified atom stereocenters. The Morgan fingerprint density at radius 1 is 1.00 bits per heavy atom. The van der Waals surface area contributed by atoms with Gasteiger partial charge >= 0.3 is 16.3 Å². The SMILES string of the molecule is O=S(=O)(CCCC(F)(F)F)Oc1cccc(Oc2cccc3c2CCC3)c1. The number of hydrogen-bond acceptors (Lipinski definition) is 4. The second kappa shape index (κ2) is 7.80. The van der Waals surface area contributed by atoms with Gasteiger partial charge in [-0.3, -0.25) is 0 Å². The highest BCUT2D eigenvalue weighted by molar-refractivity contribution is 7.87. The number of alkyl halides is 3. The Hall–Kier alpha value is -2.22. The Kier molecular flexibility index (Phi) is 5.64. The van der Waals surface area contributed by atoms with Crippen molar-refractivity contribution in [3.05, 3.63) is 53.6 Å². The molecule has 2 aromatic rings. The molecule has 2 aromatic carbocycles. The lowest BCUT2D eigenvalue weighted by Crippen LogP contribution is -2.16. The van der Waals surface area contributed by atoms with Crippen molar-refractivity contribution in [3.8, 4) is 17.2 Å². The van der Waals surface area contributed by atoms with Crippen LogP contribution in [-0.2, 0) is 23.0 Å². The highest BCUT2D eigenvalue weighted by Crippen LogP contribution is 2.34. The van der Waals surface area contributed by atoms with Gasteiger partial charge in [-0.25, -0.2) is 0 Å². The van der Waals surface area contributed by atoms with E-state index in [-0.39, 0.29) is 5.75 Å². The Morgan fingerprint density at radius 2 is 1.74 bits per heavy atom. The van der Waals surface area contributed by atoms with Crippen LogP contribution in [0.25, 0.3) is 0 Å². The van der Waals surface area contributed by atoms with E-state index in [2.05, 4.69) is 6.07 Å². The minimum absolute atomic E-state index is 0.00656. The molecule has 1 aliphatic carbocycles. The summed E-state index contributed by atoms with van der Waals surface area (Å²) in [5.41, 5.74) is 2.38. The third kappa shape index (κ3) is 5.63. The molecule has 0 atom stereocenters. The van der Waals surface area contributed by atoms with E-state index < -0.39 is 34.9 Å². The molecule has 1 aliphatic rings. The van der Waals surface area contributed by atoms with E-state index >= 15 is 0 Å². The maximum absolute atomic E-state index is 12.2. The van der Waals surface area contributed by atoms with Gasteiger partial charge in [-0.15, -0.1) is 0 Å². The molecule has 8 heteroatoms.